The molecule has 2 rings (SSSR count). The van der Waals surface area contributed by atoms with Gasteiger partial charge in [-0.3, -0.25) is 4.79 Å². The van der Waals surface area contributed by atoms with Crippen molar-refractivity contribution in [3.63, 3.8) is 0 Å². The van der Waals surface area contributed by atoms with Crippen LogP contribution in [0.3, 0.4) is 0 Å². The Morgan fingerprint density at radius 2 is 1.75 bits per heavy atom. The Balaban J connectivity index is 2.60. The Morgan fingerprint density at radius 1 is 1.14 bits per heavy atom. The summed E-state index contributed by atoms with van der Waals surface area (Å²) in [6.45, 7) is 12.9. The number of methoxy groups -OCH3 is 1. The first-order chi connectivity index (χ1) is 13.1. The summed E-state index contributed by atoms with van der Waals surface area (Å²) in [6.07, 6.45) is 0.401. The number of rotatable bonds is 6. The van der Waals surface area contributed by atoms with Crippen molar-refractivity contribution in [3.05, 3.63) is 52.6 Å². The largest absolute Gasteiger partial charge is 0.490 e. The lowest BCUT2D eigenvalue weighted by Gasteiger charge is -2.28. The number of esters is 1. The van der Waals surface area contributed by atoms with E-state index in [1.165, 1.54) is 29.4 Å². The molecule has 2 aromatic carbocycles. The van der Waals surface area contributed by atoms with Crippen LogP contribution in [0.2, 0.25) is 0 Å². The van der Waals surface area contributed by atoms with Gasteiger partial charge in [-0.1, -0.05) is 61.0 Å². The van der Waals surface area contributed by atoms with E-state index in [4.69, 9.17) is 9.47 Å². The first-order valence-electron chi connectivity index (χ1n) is 9.64. The maximum atomic E-state index is 11.5. The summed E-state index contributed by atoms with van der Waals surface area (Å²) in [5, 5.41) is 0.734. The molecule has 0 aliphatic carbocycles. The van der Waals surface area contributed by atoms with Crippen molar-refractivity contribution in [1.29, 1.82) is 0 Å². The predicted octanol–water partition coefficient (Wildman–Crippen LogP) is 6.36. The quantitative estimate of drug-likeness (QED) is 0.382. The Hall–Kier alpha value is -1.81. The van der Waals surface area contributed by atoms with Crippen molar-refractivity contribution in [1.82, 2.24) is 0 Å². The second-order valence-electron chi connectivity index (χ2n) is 8.40. The molecular formula is C24H31BrO3. The third kappa shape index (κ3) is 5.16. The summed E-state index contributed by atoms with van der Waals surface area (Å²) in [5.41, 5.74) is 6.83. The molecule has 0 aromatic heterocycles. The summed E-state index contributed by atoms with van der Waals surface area (Å²) in [7, 11) is 1.41. The van der Waals surface area contributed by atoms with E-state index in [-0.39, 0.29) is 23.9 Å². The van der Waals surface area contributed by atoms with Crippen molar-refractivity contribution < 1.29 is 14.3 Å². The standard InChI is InChI=1S/C24H31BrO3/c1-15(2)28-23-20(14-25)16(3)19(13-21(23)24(4,5)6)18-10-8-17(9-11-18)12-22(26)27-7/h8-11,13,15H,12,14H2,1-7H3. The number of carbonyl (C=O) groups excluding carboxylic acids is 1. The molecule has 0 aliphatic heterocycles. The van der Waals surface area contributed by atoms with Crippen LogP contribution in [0.15, 0.2) is 30.3 Å². The third-order valence-electron chi connectivity index (χ3n) is 4.80. The normalized spacial score (nSPS) is 11.6. The van der Waals surface area contributed by atoms with E-state index < -0.39 is 0 Å². The molecule has 0 N–H and O–H groups in total. The number of benzene rings is 2. The van der Waals surface area contributed by atoms with Crippen LogP contribution in [0.1, 0.15) is 56.9 Å². The zero-order chi connectivity index (χ0) is 21.1. The molecule has 28 heavy (non-hydrogen) atoms. The minimum Gasteiger partial charge on any atom is -0.490 e. The molecule has 3 nitrogen and oxygen atoms in total. The summed E-state index contributed by atoms with van der Waals surface area (Å²) in [6, 6.07) is 10.4. The number of alkyl halides is 1. The molecule has 152 valence electrons. The number of halogens is 1. The van der Waals surface area contributed by atoms with Gasteiger partial charge in [0.25, 0.3) is 0 Å². The third-order valence-corrected chi connectivity index (χ3v) is 5.36. The van der Waals surface area contributed by atoms with Gasteiger partial charge in [0.2, 0.25) is 0 Å². The molecule has 2 aromatic rings. The monoisotopic (exact) mass is 446 g/mol. The smallest absolute Gasteiger partial charge is 0.309 e. The van der Waals surface area contributed by atoms with Gasteiger partial charge in [-0.15, -0.1) is 0 Å². The van der Waals surface area contributed by atoms with Crippen molar-refractivity contribution >= 4 is 21.9 Å². The van der Waals surface area contributed by atoms with Crippen LogP contribution in [0.5, 0.6) is 5.75 Å². The lowest BCUT2D eigenvalue weighted by atomic mass is 9.81. The molecule has 0 saturated heterocycles. The summed E-state index contributed by atoms with van der Waals surface area (Å²) < 4.78 is 11.0. The van der Waals surface area contributed by atoms with Gasteiger partial charge in [-0.05, 0) is 54.5 Å². The van der Waals surface area contributed by atoms with E-state index in [0.717, 1.165) is 22.2 Å². The van der Waals surface area contributed by atoms with Gasteiger partial charge in [0.05, 0.1) is 19.6 Å². The van der Waals surface area contributed by atoms with Crippen LogP contribution < -0.4 is 4.74 Å². The van der Waals surface area contributed by atoms with E-state index >= 15 is 0 Å². The van der Waals surface area contributed by atoms with Gasteiger partial charge in [-0.2, -0.15) is 0 Å². The van der Waals surface area contributed by atoms with E-state index in [1.54, 1.807) is 0 Å². The van der Waals surface area contributed by atoms with E-state index in [2.05, 4.69) is 75.7 Å². The molecule has 0 amide bonds. The molecule has 0 atom stereocenters. The molecule has 0 unspecified atom stereocenters. The fourth-order valence-corrected chi connectivity index (χ4v) is 3.92. The zero-order valence-corrected chi connectivity index (χ0v) is 19.6. The SMILES string of the molecule is COC(=O)Cc1ccc(-c2cc(C(C)(C)C)c(OC(C)C)c(CBr)c2C)cc1. The first kappa shape index (κ1) is 22.5. The van der Waals surface area contributed by atoms with Crippen molar-refractivity contribution in [3.8, 4) is 16.9 Å². The molecule has 0 bridgehead atoms. The van der Waals surface area contributed by atoms with E-state index in [9.17, 15) is 4.79 Å². The summed E-state index contributed by atoms with van der Waals surface area (Å²) in [4.78, 5) is 11.5. The molecule has 0 heterocycles. The topological polar surface area (TPSA) is 35.5 Å². The molecule has 4 heteroatoms. The average molecular weight is 447 g/mol. The minimum absolute atomic E-state index is 0.0472. The number of hydrogen-bond donors (Lipinski definition) is 0. The Morgan fingerprint density at radius 3 is 2.21 bits per heavy atom. The molecule has 0 fully saturated rings. The maximum absolute atomic E-state index is 11.5. The zero-order valence-electron chi connectivity index (χ0n) is 18.0. The molecule has 0 aliphatic rings. The highest BCUT2D eigenvalue weighted by atomic mass is 79.9. The molecule has 0 spiro atoms. The highest BCUT2D eigenvalue weighted by Crippen LogP contribution is 2.42. The highest BCUT2D eigenvalue weighted by molar-refractivity contribution is 9.08. The summed E-state index contributed by atoms with van der Waals surface area (Å²) in [5.74, 6) is 0.763. The van der Waals surface area contributed by atoms with Crippen LogP contribution in [0.4, 0.5) is 0 Å². The van der Waals surface area contributed by atoms with Crippen molar-refractivity contribution in [2.75, 3.05) is 7.11 Å². The van der Waals surface area contributed by atoms with Crippen LogP contribution in [-0.4, -0.2) is 19.2 Å². The Kier molecular flexibility index (Phi) is 7.33. The first-order valence-corrected chi connectivity index (χ1v) is 10.8. The second kappa shape index (κ2) is 9.13. The second-order valence-corrected chi connectivity index (χ2v) is 8.97. The fourth-order valence-electron chi connectivity index (χ4n) is 3.24. The van der Waals surface area contributed by atoms with Gasteiger partial charge in [0.15, 0.2) is 0 Å². The van der Waals surface area contributed by atoms with Crippen LogP contribution in [0.25, 0.3) is 11.1 Å². The van der Waals surface area contributed by atoms with Gasteiger partial charge in [-0.25, -0.2) is 0 Å². The van der Waals surface area contributed by atoms with Crippen molar-refractivity contribution in [2.24, 2.45) is 0 Å². The Bertz CT molecular complexity index is 830. The van der Waals surface area contributed by atoms with Gasteiger partial charge in [0, 0.05) is 16.5 Å². The molecule has 0 radical (unpaired) electrons. The average Bonchev–Trinajstić information content (AvgIpc) is 2.61. The van der Waals surface area contributed by atoms with Gasteiger partial charge < -0.3 is 9.47 Å². The van der Waals surface area contributed by atoms with Crippen LogP contribution >= 0.6 is 15.9 Å². The minimum atomic E-state index is -0.226. The van der Waals surface area contributed by atoms with Gasteiger partial charge in [0.1, 0.15) is 5.75 Å². The van der Waals surface area contributed by atoms with Crippen LogP contribution in [-0.2, 0) is 26.7 Å². The maximum Gasteiger partial charge on any atom is 0.309 e. The Labute approximate surface area is 177 Å². The molecular weight excluding hydrogens is 416 g/mol. The number of hydrogen-bond acceptors (Lipinski definition) is 3. The van der Waals surface area contributed by atoms with E-state index in [0.29, 0.717) is 0 Å². The van der Waals surface area contributed by atoms with E-state index in [1.807, 2.05) is 12.1 Å². The number of ether oxygens (including phenoxy) is 2. The lowest BCUT2D eigenvalue weighted by Crippen LogP contribution is -2.18. The predicted molar refractivity (Wildman–Crippen MR) is 119 cm³/mol. The summed E-state index contributed by atoms with van der Waals surface area (Å²) >= 11 is 3.67. The highest BCUT2D eigenvalue weighted by Gasteiger charge is 2.25. The fraction of sp³-hybridized carbons (Fsp3) is 0.458. The number of carbonyl (C=O) groups is 1. The van der Waals surface area contributed by atoms with Gasteiger partial charge >= 0.3 is 5.97 Å². The van der Waals surface area contributed by atoms with Crippen molar-refractivity contribution in [2.45, 2.75) is 64.8 Å². The molecule has 0 saturated carbocycles. The van der Waals surface area contributed by atoms with Crippen LogP contribution in [0, 0.1) is 6.92 Å². The lowest BCUT2D eigenvalue weighted by molar-refractivity contribution is -0.139.